The highest BCUT2D eigenvalue weighted by Gasteiger charge is 2.05. The lowest BCUT2D eigenvalue weighted by molar-refractivity contribution is -0.136. The average molecular weight is 248 g/mol. The average Bonchev–Trinajstić information content (AvgIpc) is 2.33. The van der Waals surface area contributed by atoms with Gasteiger partial charge in [0.25, 0.3) is 0 Å². The number of carboxylic acids is 1. The van der Waals surface area contributed by atoms with E-state index in [0.29, 0.717) is 16.7 Å². The van der Waals surface area contributed by atoms with Crippen molar-refractivity contribution in [3.63, 3.8) is 0 Å². The summed E-state index contributed by atoms with van der Waals surface area (Å²) in [7, 11) is 0. The van der Waals surface area contributed by atoms with E-state index < -0.39 is 17.6 Å². The third-order valence-electron chi connectivity index (χ3n) is 2.56. The molecule has 0 atom stereocenters. The van der Waals surface area contributed by atoms with E-state index in [-0.39, 0.29) is 6.42 Å². The molecule has 2 aromatic rings. The zero-order valence-electron chi connectivity index (χ0n) is 9.36. The summed E-state index contributed by atoms with van der Waals surface area (Å²) in [5.41, 5.74) is 1.92. The van der Waals surface area contributed by atoms with Crippen molar-refractivity contribution in [2.24, 2.45) is 0 Å². The molecule has 1 N–H and O–H groups in total. The number of rotatable bonds is 3. The van der Waals surface area contributed by atoms with Crippen LogP contribution in [0.25, 0.3) is 11.1 Å². The van der Waals surface area contributed by atoms with Crippen LogP contribution in [0, 0.1) is 11.6 Å². The van der Waals surface area contributed by atoms with Crippen LogP contribution in [0.3, 0.4) is 0 Å². The van der Waals surface area contributed by atoms with Crippen molar-refractivity contribution >= 4 is 5.97 Å². The molecular weight excluding hydrogens is 238 g/mol. The van der Waals surface area contributed by atoms with Crippen LogP contribution in [0.5, 0.6) is 0 Å². The van der Waals surface area contributed by atoms with Gasteiger partial charge in [0, 0.05) is 0 Å². The molecule has 0 amide bonds. The van der Waals surface area contributed by atoms with E-state index in [0.717, 1.165) is 12.1 Å². The molecule has 0 spiro atoms. The maximum Gasteiger partial charge on any atom is 0.307 e. The van der Waals surface area contributed by atoms with Crippen molar-refractivity contribution < 1.29 is 18.7 Å². The van der Waals surface area contributed by atoms with Gasteiger partial charge in [-0.25, -0.2) is 8.78 Å². The Labute approximate surface area is 103 Å². The number of aliphatic carboxylic acids is 1. The monoisotopic (exact) mass is 248 g/mol. The van der Waals surface area contributed by atoms with Crippen molar-refractivity contribution in [1.29, 1.82) is 0 Å². The SMILES string of the molecule is O=C(O)Cc1ccc(-c2ccc(F)c(F)c2)cc1. The summed E-state index contributed by atoms with van der Waals surface area (Å²) in [6.07, 6.45) is -0.0575. The predicted octanol–water partition coefficient (Wildman–Crippen LogP) is 3.26. The Balaban J connectivity index is 2.28. The van der Waals surface area contributed by atoms with Crippen molar-refractivity contribution in [1.82, 2.24) is 0 Å². The molecule has 0 radical (unpaired) electrons. The molecule has 0 saturated heterocycles. The fourth-order valence-electron chi connectivity index (χ4n) is 1.67. The Morgan fingerprint density at radius 2 is 1.56 bits per heavy atom. The topological polar surface area (TPSA) is 37.3 Å². The standard InChI is InChI=1S/C14H10F2O2/c15-12-6-5-11(8-13(12)16)10-3-1-9(2-4-10)7-14(17)18/h1-6,8H,7H2,(H,17,18). The Kier molecular flexibility index (Phi) is 3.37. The van der Waals surface area contributed by atoms with E-state index in [2.05, 4.69) is 0 Å². The second kappa shape index (κ2) is 4.96. The van der Waals surface area contributed by atoms with Gasteiger partial charge in [-0.2, -0.15) is 0 Å². The quantitative estimate of drug-likeness (QED) is 0.905. The first kappa shape index (κ1) is 12.2. The highest BCUT2D eigenvalue weighted by atomic mass is 19.2. The van der Waals surface area contributed by atoms with Gasteiger partial charge >= 0.3 is 5.97 Å². The minimum Gasteiger partial charge on any atom is -0.481 e. The molecule has 0 unspecified atom stereocenters. The van der Waals surface area contributed by atoms with Gasteiger partial charge in [0.1, 0.15) is 0 Å². The Bertz CT molecular complexity index is 577. The van der Waals surface area contributed by atoms with Gasteiger partial charge in [0.2, 0.25) is 0 Å². The molecule has 2 nitrogen and oxygen atoms in total. The third-order valence-corrected chi connectivity index (χ3v) is 2.56. The lowest BCUT2D eigenvalue weighted by Crippen LogP contribution is -1.99. The second-order valence-corrected chi connectivity index (χ2v) is 3.90. The van der Waals surface area contributed by atoms with Crippen LogP contribution in [0.2, 0.25) is 0 Å². The summed E-state index contributed by atoms with van der Waals surface area (Å²) in [5, 5.41) is 8.63. The van der Waals surface area contributed by atoms with Gasteiger partial charge in [-0.1, -0.05) is 30.3 Å². The minimum atomic E-state index is -0.907. The van der Waals surface area contributed by atoms with Crippen LogP contribution >= 0.6 is 0 Å². The van der Waals surface area contributed by atoms with E-state index in [1.807, 2.05) is 0 Å². The molecule has 2 rings (SSSR count). The molecule has 0 fully saturated rings. The van der Waals surface area contributed by atoms with Crippen LogP contribution in [0.1, 0.15) is 5.56 Å². The summed E-state index contributed by atoms with van der Waals surface area (Å²) in [6.45, 7) is 0. The van der Waals surface area contributed by atoms with Crippen molar-refractivity contribution in [3.8, 4) is 11.1 Å². The molecule has 0 aliphatic heterocycles. The summed E-state index contributed by atoms with van der Waals surface area (Å²) in [4.78, 5) is 10.5. The number of hydrogen-bond donors (Lipinski definition) is 1. The first-order chi connectivity index (χ1) is 8.56. The van der Waals surface area contributed by atoms with Crippen LogP contribution in [0.15, 0.2) is 42.5 Å². The highest BCUT2D eigenvalue weighted by Crippen LogP contribution is 2.22. The number of halogens is 2. The lowest BCUT2D eigenvalue weighted by Gasteiger charge is -2.04. The van der Waals surface area contributed by atoms with Crippen molar-refractivity contribution in [3.05, 3.63) is 59.7 Å². The minimum absolute atomic E-state index is 0.0575. The highest BCUT2D eigenvalue weighted by molar-refractivity contribution is 5.71. The maximum absolute atomic E-state index is 13.1. The molecular formula is C14H10F2O2. The molecule has 0 aromatic heterocycles. The molecule has 2 aromatic carbocycles. The van der Waals surface area contributed by atoms with Crippen LogP contribution in [0.4, 0.5) is 8.78 Å². The summed E-state index contributed by atoms with van der Waals surface area (Å²) >= 11 is 0. The van der Waals surface area contributed by atoms with Gasteiger partial charge in [0.05, 0.1) is 6.42 Å². The molecule has 0 aliphatic rings. The molecule has 0 saturated carbocycles. The van der Waals surface area contributed by atoms with Gasteiger partial charge in [0.15, 0.2) is 11.6 Å². The zero-order chi connectivity index (χ0) is 13.1. The Morgan fingerprint density at radius 1 is 0.944 bits per heavy atom. The number of hydrogen-bond acceptors (Lipinski definition) is 1. The van der Waals surface area contributed by atoms with Gasteiger partial charge < -0.3 is 5.11 Å². The molecule has 0 bridgehead atoms. The largest absolute Gasteiger partial charge is 0.481 e. The predicted molar refractivity (Wildman–Crippen MR) is 63.1 cm³/mol. The fraction of sp³-hybridized carbons (Fsp3) is 0.0714. The Hall–Kier alpha value is -2.23. The van der Waals surface area contributed by atoms with Crippen molar-refractivity contribution in [2.75, 3.05) is 0 Å². The molecule has 0 aliphatic carbocycles. The van der Waals surface area contributed by atoms with Gasteiger partial charge in [-0.3, -0.25) is 4.79 Å². The Morgan fingerprint density at radius 3 is 2.11 bits per heavy atom. The number of benzene rings is 2. The molecule has 4 heteroatoms. The van der Waals surface area contributed by atoms with Gasteiger partial charge in [-0.15, -0.1) is 0 Å². The second-order valence-electron chi connectivity index (χ2n) is 3.90. The van der Waals surface area contributed by atoms with E-state index in [4.69, 9.17) is 5.11 Å². The van der Waals surface area contributed by atoms with Crippen LogP contribution in [-0.4, -0.2) is 11.1 Å². The molecule has 92 valence electrons. The summed E-state index contributed by atoms with van der Waals surface area (Å²) in [5.74, 6) is -2.70. The van der Waals surface area contributed by atoms with E-state index in [1.165, 1.54) is 6.07 Å². The van der Waals surface area contributed by atoms with Crippen molar-refractivity contribution in [2.45, 2.75) is 6.42 Å². The molecule has 18 heavy (non-hydrogen) atoms. The number of carbonyl (C=O) groups is 1. The fourth-order valence-corrected chi connectivity index (χ4v) is 1.67. The van der Waals surface area contributed by atoms with Gasteiger partial charge in [-0.05, 0) is 28.8 Å². The smallest absolute Gasteiger partial charge is 0.307 e. The molecule has 0 heterocycles. The van der Waals surface area contributed by atoms with E-state index >= 15 is 0 Å². The lowest BCUT2D eigenvalue weighted by atomic mass is 10.0. The summed E-state index contributed by atoms with van der Waals surface area (Å²) < 4.78 is 25.8. The van der Waals surface area contributed by atoms with Crippen LogP contribution in [-0.2, 0) is 11.2 Å². The van der Waals surface area contributed by atoms with Crippen LogP contribution < -0.4 is 0 Å². The van der Waals surface area contributed by atoms with E-state index in [9.17, 15) is 13.6 Å². The number of carboxylic acid groups (broad SMARTS) is 1. The first-order valence-corrected chi connectivity index (χ1v) is 5.32. The zero-order valence-corrected chi connectivity index (χ0v) is 9.36. The summed E-state index contributed by atoms with van der Waals surface area (Å²) in [6, 6.07) is 10.3. The maximum atomic E-state index is 13.1. The first-order valence-electron chi connectivity index (χ1n) is 5.32. The third kappa shape index (κ3) is 2.71. The van der Waals surface area contributed by atoms with E-state index in [1.54, 1.807) is 24.3 Å². The normalized spacial score (nSPS) is 10.3.